The molecule has 0 aliphatic rings. The van der Waals surface area contributed by atoms with Crippen LogP contribution in [-0.4, -0.2) is 31.1 Å². The highest BCUT2D eigenvalue weighted by atomic mass is 35.5. The Morgan fingerprint density at radius 3 is 2.29 bits per heavy atom. The fraction of sp³-hybridized carbons (Fsp3) is 0.304. The first-order valence-corrected chi connectivity index (χ1v) is 10.3. The second-order valence-corrected chi connectivity index (χ2v) is 7.39. The van der Waals surface area contributed by atoms with Gasteiger partial charge in [-0.25, -0.2) is 0 Å². The molecule has 0 saturated carbocycles. The molecule has 0 aromatic heterocycles. The Morgan fingerprint density at radius 2 is 1.57 bits per heavy atom. The molecule has 0 saturated heterocycles. The molecular formula is C23H25Cl2NO2. The van der Waals surface area contributed by atoms with Gasteiger partial charge in [0.2, 0.25) is 0 Å². The zero-order chi connectivity index (χ0) is 19.9. The van der Waals surface area contributed by atoms with Crippen LogP contribution in [0.4, 0.5) is 0 Å². The van der Waals surface area contributed by atoms with Crippen LogP contribution in [0, 0.1) is 0 Å². The number of halogens is 2. The molecule has 0 heterocycles. The van der Waals surface area contributed by atoms with E-state index in [1.54, 1.807) is 0 Å². The van der Waals surface area contributed by atoms with Gasteiger partial charge in [0.25, 0.3) is 0 Å². The number of hydrogen-bond donors (Lipinski definition) is 0. The highest BCUT2D eigenvalue weighted by Crippen LogP contribution is 2.33. The first-order valence-electron chi connectivity index (χ1n) is 9.55. The van der Waals surface area contributed by atoms with Crippen molar-refractivity contribution in [3.05, 3.63) is 70.2 Å². The summed E-state index contributed by atoms with van der Waals surface area (Å²) in [7, 11) is 0. The van der Waals surface area contributed by atoms with Crippen LogP contribution < -0.4 is 9.47 Å². The van der Waals surface area contributed by atoms with Gasteiger partial charge in [-0.2, -0.15) is 0 Å². The summed E-state index contributed by atoms with van der Waals surface area (Å²) in [4.78, 5) is 2.34. The van der Waals surface area contributed by atoms with E-state index < -0.39 is 0 Å². The summed E-state index contributed by atoms with van der Waals surface area (Å²) in [6, 6.07) is 17.4. The minimum Gasteiger partial charge on any atom is -0.492 e. The highest BCUT2D eigenvalue weighted by molar-refractivity contribution is 6.37. The van der Waals surface area contributed by atoms with Crippen molar-refractivity contribution in [2.24, 2.45) is 0 Å². The average molecular weight is 418 g/mol. The second-order valence-electron chi connectivity index (χ2n) is 6.54. The van der Waals surface area contributed by atoms with Gasteiger partial charge in [-0.3, -0.25) is 0 Å². The molecule has 3 aromatic rings. The Hall–Kier alpha value is -1.94. The third kappa shape index (κ3) is 5.32. The molecule has 0 N–H and O–H groups in total. The minimum atomic E-state index is 0.471. The van der Waals surface area contributed by atoms with Crippen molar-refractivity contribution in [1.82, 2.24) is 4.90 Å². The van der Waals surface area contributed by atoms with E-state index in [-0.39, 0.29) is 0 Å². The van der Waals surface area contributed by atoms with Crippen molar-refractivity contribution in [3.63, 3.8) is 0 Å². The Bertz CT molecular complexity index is 908. The van der Waals surface area contributed by atoms with E-state index in [2.05, 4.69) is 18.7 Å². The summed E-state index contributed by atoms with van der Waals surface area (Å²) < 4.78 is 11.9. The minimum absolute atomic E-state index is 0.471. The topological polar surface area (TPSA) is 21.7 Å². The molecule has 28 heavy (non-hydrogen) atoms. The number of rotatable bonds is 9. The van der Waals surface area contributed by atoms with Crippen LogP contribution in [0.3, 0.4) is 0 Å². The van der Waals surface area contributed by atoms with Crippen molar-refractivity contribution in [3.8, 4) is 11.5 Å². The summed E-state index contributed by atoms with van der Waals surface area (Å²) in [5, 5.41) is 3.16. The van der Waals surface area contributed by atoms with Crippen molar-refractivity contribution < 1.29 is 9.47 Å². The normalized spacial score (nSPS) is 11.2. The molecule has 0 amide bonds. The molecule has 0 bridgehead atoms. The smallest absolute Gasteiger partial charge is 0.127 e. The Labute approximate surface area is 176 Å². The van der Waals surface area contributed by atoms with Gasteiger partial charge in [0.1, 0.15) is 24.7 Å². The van der Waals surface area contributed by atoms with Crippen molar-refractivity contribution in [2.45, 2.75) is 20.5 Å². The SMILES string of the molecule is CCN(CC)CCOc1ccc(COc2ccc(Cl)c3cc(Cl)ccc23)cc1. The van der Waals surface area contributed by atoms with E-state index in [1.807, 2.05) is 54.6 Å². The van der Waals surface area contributed by atoms with E-state index in [0.717, 1.165) is 47.5 Å². The van der Waals surface area contributed by atoms with Crippen LogP contribution in [0.25, 0.3) is 10.8 Å². The van der Waals surface area contributed by atoms with Crippen LogP contribution in [0.5, 0.6) is 11.5 Å². The molecule has 0 fully saturated rings. The van der Waals surface area contributed by atoms with E-state index in [9.17, 15) is 0 Å². The number of fused-ring (bicyclic) bond motifs is 1. The monoisotopic (exact) mass is 417 g/mol. The van der Waals surface area contributed by atoms with Gasteiger partial charge in [0.05, 0.1) is 0 Å². The molecular weight excluding hydrogens is 393 g/mol. The number of nitrogens with zero attached hydrogens (tertiary/aromatic N) is 1. The largest absolute Gasteiger partial charge is 0.492 e. The summed E-state index contributed by atoms with van der Waals surface area (Å²) >= 11 is 12.4. The maximum Gasteiger partial charge on any atom is 0.127 e. The first kappa shape index (κ1) is 20.8. The first-order chi connectivity index (χ1) is 13.6. The van der Waals surface area contributed by atoms with E-state index in [0.29, 0.717) is 23.3 Å². The summed E-state index contributed by atoms with van der Waals surface area (Å²) in [5.41, 5.74) is 1.08. The predicted octanol–water partition coefficient (Wildman–Crippen LogP) is 6.45. The lowest BCUT2D eigenvalue weighted by Gasteiger charge is -2.18. The molecule has 0 atom stereocenters. The zero-order valence-corrected chi connectivity index (χ0v) is 17.8. The lowest BCUT2D eigenvalue weighted by atomic mass is 10.1. The molecule has 148 valence electrons. The Balaban J connectivity index is 1.60. The van der Waals surface area contributed by atoms with Gasteiger partial charge in [0.15, 0.2) is 0 Å². The highest BCUT2D eigenvalue weighted by Gasteiger charge is 2.07. The van der Waals surface area contributed by atoms with Gasteiger partial charge in [-0.15, -0.1) is 0 Å². The molecule has 5 heteroatoms. The third-order valence-electron chi connectivity index (χ3n) is 4.77. The van der Waals surface area contributed by atoms with E-state index in [1.165, 1.54) is 0 Å². The fourth-order valence-corrected chi connectivity index (χ4v) is 3.45. The standard InChI is InChI=1S/C23H25Cl2NO2/c1-3-26(4-2)13-14-27-19-8-5-17(6-9-19)16-28-23-12-11-22(25)21-15-18(24)7-10-20(21)23/h5-12,15H,3-4,13-14,16H2,1-2H3. The molecule has 0 spiro atoms. The number of likely N-dealkylation sites (N-methyl/N-ethyl adjacent to an activating group) is 1. The third-order valence-corrected chi connectivity index (χ3v) is 5.34. The quantitative estimate of drug-likeness (QED) is 0.399. The number of ether oxygens (including phenoxy) is 2. The van der Waals surface area contributed by atoms with Crippen molar-refractivity contribution >= 4 is 34.0 Å². The van der Waals surface area contributed by atoms with E-state index >= 15 is 0 Å². The molecule has 0 aliphatic heterocycles. The van der Waals surface area contributed by atoms with E-state index in [4.69, 9.17) is 32.7 Å². The lowest BCUT2D eigenvalue weighted by Crippen LogP contribution is -2.27. The van der Waals surface area contributed by atoms with Crippen molar-refractivity contribution in [1.29, 1.82) is 0 Å². The second kappa shape index (κ2) is 10.0. The maximum absolute atomic E-state index is 6.28. The van der Waals surface area contributed by atoms with Crippen LogP contribution in [0.15, 0.2) is 54.6 Å². The predicted molar refractivity (Wildman–Crippen MR) is 118 cm³/mol. The van der Waals surface area contributed by atoms with Crippen LogP contribution in [0.2, 0.25) is 10.0 Å². The van der Waals surface area contributed by atoms with Gasteiger partial charge in [0, 0.05) is 27.4 Å². The van der Waals surface area contributed by atoms with Crippen LogP contribution in [-0.2, 0) is 6.61 Å². The van der Waals surface area contributed by atoms with Crippen molar-refractivity contribution in [2.75, 3.05) is 26.2 Å². The summed E-state index contributed by atoms with van der Waals surface area (Å²) in [6.45, 7) is 8.51. The zero-order valence-electron chi connectivity index (χ0n) is 16.3. The van der Waals surface area contributed by atoms with Crippen LogP contribution in [0.1, 0.15) is 19.4 Å². The number of hydrogen-bond acceptors (Lipinski definition) is 3. The van der Waals surface area contributed by atoms with Gasteiger partial charge in [-0.05, 0) is 61.1 Å². The average Bonchev–Trinajstić information content (AvgIpc) is 2.72. The molecule has 3 aromatic carbocycles. The molecule has 0 aliphatic carbocycles. The maximum atomic E-state index is 6.28. The molecule has 3 rings (SSSR count). The molecule has 0 unspecified atom stereocenters. The summed E-state index contributed by atoms with van der Waals surface area (Å²) in [6.07, 6.45) is 0. The lowest BCUT2D eigenvalue weighted by molar-refractivity contribution is 0.222. The fourth-order valence-electron chi connectivity index (χ4n) is 3.06. The van der Waals surface area contributed by atoms with Crippen LogP contribution >= 0.6 is 23.2 Å². The Morgan fingerprint density at radius 1 is 0.821 bits per heavy atom. The van der Waals surface area contributed by atoms with Gasteiger partial charge >= 0.3 is 0 Å². The number of benzene rings is 3. The molecule has 3 nitrogen and oxygen atoms in total. The molecule has 0 radical (unpaired) electrons. The summed E-state index contributed by atoms with van der Waals surface area (Å²) in [5.74, 6) is 1.66. The van der Waals surface area contributed by atoms with Gasteiger partial charge < -0.3 is 14.4 Å². The Kier molecular flexibility index (Phi) is 7.43. The van der Waals surface area contributed by atoms with Gasteiger partial charge in [-0.1, -0.05) is 49.2 Å².